The first kappa shape index (κ1) is 16.4. The molecular weight excluding hydrogens is 337 g/mol. The molecule has 5 heteroatoms. The number of aliphatic carboxylic acids is 1. The average molecular weight is 358 g/mol. The molecule has 2 unspecified atom stereocenters. The van der Waals surface area contributed by atoms with Gasteiger partial charge in [-0.1, -0.05) is 22.4 Å². The zero-order valence-corrected chi connectivity index (χ0v) is 13.8. The fourth-order valence-electron chi connectivity index (χ4n) is 3.15. The number of benzene rings is 1. The van der Waals surface area contributed by atoms with Gasteiger partial charge in [0.2, 0.25) is 0 Å². The van der Waals surface area contributed by atoms with Gasteiger partial charge in [-0.25, -0.2) is 4.39 Å². The first-order valence-electron chi connectivity index (χ1n) is 7.41. The molecule has 0 amide bonds. The first-order chi connectivity index (χ1) is 9.99. The molecule has 21 heavy (non-hydrogen) atoms. The number of hydrogen-bond acceptors (Lipinski definition) is 2. The molecule has 1 aromatic rings. The van der Waals surface area contributed by atoms with Crippen LogP contribution in [0.2, 0.25) is 0 Å². The van der Waals surface area contributed by atoms with Crippen LogP contribution >= 0.6 is 15.9 Å². The largest absolute Gasteiger partial charge is 0.481 e. The molecule has 1 heterocycles. The summed E-state index contributed by atoms with van der Waals surface area (Å²) in [6.07, 6.45) is 4.01. The van der Waals surface area contributed by atoms with Crippen LogP contribution in [0.15, 0.2) is 22.7 Å². The number of likely N-dealkylation sites (tertiary alicyclic amines) is 1. The molecule has 0 bridgehead atoms. The molecule has 2 atom stereocenters. The summed E-state index contributed by atoms with van der Waals surface area (Å²) in [6, 6.07) is 5.18. The van der Waals surface area contributed by atoms with Crippen LogP contribution in [0.4, 0.5) is 4.39 Å². The number of carboxylic acid groups (broad SMARTS) is 1. The lowest BCUT2D eigenvalue weighted by Crippen LogP contribution is -2.41. The van der Waals surface area contributed by atoms with Crippen LogP contribution in [-0.2, 0) is 4.79 Å². The molecule has 0 radical (unpaired) electrons. The van der Waals surface area contributed by atoms with Crippen LogP contribution in [-0.4, -0.2) is 28.6 Å². The van der Waals surface area contributed by atoms with Gasteiger partial charge in [0, 0.05) is 28.5 Å². The van der Waals surface area contributed by atoms with Gasteiger partial charge in [0.15, 0.2) is 0 Å². The van der Waals surface area contributed by atoms with Crippen molar-refractivity contribution in [2.24, 2.45) is 0 Å². The highest BCUT2D eigenvalue weighted by Gasteiger charge is 2.28. The highest BCUT2D eigenvalue weighted by atomic mass is 79.9. The van der Waals surface area contributed by atoms with Crippen molar-refractivity contribution in [3.05, 3.63) is 34.1 Å². The monoisotopic (exact) mass is 357 g/mol. The van der Waals surface area contributed by atoms with Gasteiger partial charge < -0.3 is 5.11 Å². The summed E-state index contributed by atoms with van der Waals surface area (Å²) in [6.45, 7) is 2.90. The van der Waals surface area contributed by atoms with E-state index in [0.29, 0.717) is 12.0 Å². The molecule has 1 aliphatic heterocycles. The van der Waals surface area contributed by atoms with Crippen molar-refractivity contribution >= 4 is 21.9 Å². The number of rotatable bonds is 5. The minimum atomic E-state index is -0.762. The molecular formula is C16H21BrFNO2. The smallest absolute Gasteiger partial charge is 0.303 e. The predicted molar refractivity (Wildman–Crippen MR) is 83.7 cm³/mol. The molecule has 1 N–H and O–H groups in total. The molecule has 2 rings (SSSR count). The lowest BCUT2D eigenvalue weighted by atomic mass is 9.94. The third-order valence-electron chi connectivity index (χ3n) is 4.27. The van der Waals surface area contributed by atoms with Crippen molar-refractivity contribution in [2.45, 2.75) is 51.1 Å². The zero-order valence-electron chi connectivity index (χ0n) is 12.2. The van der Waals surface area contributed by atoms with E-state index in [1.165, 1.54) is 6.07 Å². The molecule has 3 nitrogen and oxygen atoms in total. The van der Waals surface area contributed by atoms with E-state index in [1.54, 1.807) is 6.07 Å². The van der Waals surface area contributed by atoms with Crippen LogP contribution in [0.1, 0.15) is 50.6 Å². The Morgan fingerprint density at radius 3 is 3.00 bits per heavy atom. The van der Waals surface area contributed by atoms with E-state index < -0.39 is 5.97 Å². The Hall–Kier alpha value is -0.940. The summed E-state index contributed by atoms with van der Waals surface area (Å²) >= 11 is 3.39. The quantitative estimate of drug-likeness (QED) is 0.850. The summed E-state index contributed by atoms with van der Waals surface area (Å²) in [7, 11) is 0. The molecule has 1 fully saturated rings. The van der Waals surface area contributed by atoms with Gasteiger partial charge in [-0.3, -0.25) is 9.69 Å². The van der Waals surface area contributed by atoms with Gasteiger partial charge >= 0.3 is 5.97 Å². The maximum atomic E-state index is 14.1. The van der Waals surface area contributed by atoms with Crippen LogP contribution in [0.5, 0.6) is 0 Å². The van der Waals surface area contributed by atoms with Gasteiger partial charge in [0.05, 0.1) is 0 Å². The van der Waals surface area contributed by atoms with Gasteiger partial charge in [-0.05, 0) is 50.9 Å². The average Bonchev–Trinajstić information content (AvgIpc) is 2.47. The Morgan fingerprint density at radius 2 is 2.29 bits per heavy atom. The van der Waals surface area contributed by atoms with Crippen molar-refractivity contribution in [1.82, 2.24) is 4.90 Å². The molecule has 1 aromatic carbocycles. The second kappa shape index (κ2) is 7.36. The third-order valence-corrected chi connectivity index (χ3v) is 4.76. The molecule has 0 spiro atoms. The van der Waals surface area contributed by atoms with Crippen molar-refractivity contribution in [2.75, 3.05) is 6.54 Å². The number of carboxylic acids is 1. The lowest BCUT2D eigenvalue weighted by Gasteiger charge is -2.40. The maximum Gasteiger partial charge on any atom is 0.303 e. The molecule has 0 aliphatic carbocycles. The molecule has 116 valence electrons. The van der Waals surface area contributed by atoms with Crippen LogP contribution < -0.4 is 0 Å². The van der Waals surface area contributed by atoms with Gasteiger partial charge in [0.25, 0.3) is 0 Å². The molecule has 0 saturated carbocycles. The standard InChI is InChI=1S/C16H21BrFNO2/c1-11(14-10-12(17)5-7-15(14)18)19-9-3-2-4-13(19)6-8-16(20)21/h5,7,10-11,13H,2-4,6,8-9H2,1H3,(H,20,21). The maximum absolute atomic E-state index is 14.1. The number of carbonyl (C=O) groups is 1. The SMILES string of the molecule is CC(c1cc(Br)ccc1F)N1CCCCC1CCC(=O)O. The number of piperidine rings is 1. The highest BCUT2D eigenvalue weighted by molar-refractivity contribution is 9.10. The summed E-state index contributed by atoms with van der Waals surface area (Å²) in [5.41, 5.74) is 0.673. The van der Waals surface area contributed by atoms with E-state index in [2.05, 4.69) is 20.8 Å². The van der Waals surface area contributed by atoms with E-state index >= 15 is 0 Å². The summed E-state index contributed by atoms with van der Waals surface area (Å²) in [5, 5.41) is 8.88. The second-order valence-electron chi connectivity index (χ2n) is 5.66. The van der Waals surface area contributed by atoms with Crippen LogP contribution in [0.3, 0.4) is 0 Å². The predicted octanol–water partition coefficient (Wildman–Crippen LogP) is 4.37. The summed E-state index contributed by atoms with van der Waals surface area (Å²) in [4.78, 5) is 13.1. The molecule has 1 saturated heterocycles. The Labute approximate surface area is 133 Å². The molecule has 1 aliphatic rings. The van der Waals surface area contributed by atoms with Gasteiger partial charge in [0.1, 0.15) is 5.82 Å². The second-order valence-corrected chi connectivity index (χ2v) is 6.58. The fraction of sp³-hybridized carbons (Fsp3) is 0.562. The van der Waals surface area contributed by atoms with Crippen molar-refractivity contribution in [3.8, 4) is 0 Å². The Kier molecular flexibility index (Phi) is 5.76. The Bertz CT molecular complexity index is 509. The van der Waals surface area contributed by atoms with E-state index in [0.717, 1.165) is 30.3 Å². The van der Waals surface area contributed by atoms with Crippen molar-refractivity contribution in [1.29, 1.82) is 0 Å². The number of nitrogens with zero attached hydrogens (tertiary/aromatic N) is 1. The van der Waals surface area contributed by atoms with E-state index in [-0.39, 0.29) is 24.3 Å². The fourth-order valence-corrected chi connectivity index (χ4v) is 3.53. The topological polar surface area (TPSA) is 40.5 Å². The number of hydrogen-bond donors (Lipinski definition) is 1. The van der Waals surface area contributed by atoms with E-state index in [1.807, 2.05) is 13.0 Å². The zero-order chi connectivity index (χ0) is 15.4. The van der Waals surface area contributed by atoms with Crippen molar-refractivity contribution in [3.63, 3.8) is 0 Å². The number of halogens is 2. The normalized spacial score (nSPS) is 21.2. The first-order valence-corrected chi connectivity index (χ1v) is 8.21. The van der Waals surface area contributed by atoms with Gasteiger partial charge in [-0.15, -0.1) is 0 Å². The van der Waals surface area contributed by atoms with Crippen molar-refractivity contribution < 1.29 is 14.3 Å². The van der Waals surface area contributed by atoms with E-state index in [9.17, 15) is 9.18 Å². The molecule has 0 aromatic heterocycles. The Balaban J connectivity index is 2.15. The highest BCUT2D eigenvalue weighted by Crippen LogP contribution is 2.32. The van der Waals surface area contributed by atoms with Crippen LogP contribution in [0.25, 0.3) is 0 Å². The summed E-state index contributed by atoms with van der Waals surface area (Å²) < 4.78 is 14.9. The lowest BCUT2D eigenvalue weighted by molar-refractivity contribution is -0.137. The van der Waals surface area contributed by atoms with Crippen LogP contribution in [0, 0.1) is 5.82 Å². The van der Waals surface area contributed by atoms with Gasteiger partial charge in [-0.2, -0.15) is 0 Å². The van der Waals surface area contributed by atoms with E-state index in [4.69, 9.17) is 5.11 Å². The minimum absolute atomic E-state index is 0.0402. The third kappa shape index (κ3) is 4.27. The Morgan fingerprint density at radius 1 is 1.52 bits per heavy atom. The summed E-state index contributed by atoms with van der Waals surface area (Å²) in [5.74, 6) is -0.963. The minimum Gasteiger partial charge on any atom is -0.481 e.